The number of hydrogen-bond acceptors (Lipinski definition) is 7. The maximum Gasteiger partial charge on any atom is 0.270 e. The van der Waals surface area contributed by atoms with E-state index in [1.165, 1.54) is 17.4 Å². The number of pyridine rings is 1. The van der Waals surface area contributed by atoms with Crippen LogP contribution in [0.1, 0.15) is 46.7 Å². The van der Waals surface area contributed by atoms with E-state index in [9.17, 15) is 14.9 Å². The number of carbonyl (C=O) groups is 2. The van der Waals surface area contributed by atoms with E-state index in [1.807, 2.05) is 54.6 Å². The maximum absolute atomic E-state index is 13.2. The van der Waals surface area contributed by atoms with Crippen molar-refractivity contribution in [2.75, 3.05) is 0 Å². The second-order valence-corrected chi connectivity index (χ2v) is 8.84. The summed E-state index contributed by atoms with van der Waals surface area (Å²) in [6, 6.07) is 22.6. The molecule has 0 fully saturated rings. The van der Waals surface area contributed by atoms with E-state index in [4.69, 9.17) is 10.5 Å². The van der Waals surface area contributed by atoms with E-state index in [0.717, 1.165) is 11.1 Å². The van der Waals surface area contributed by atoms with Gasteiger partial charge in [-0.15, -0.1) is 0 Å². The molecule has 0 radical (unpaired) electrons. The summed E-state index contributed by atoms with van der Waals surface area (Å²) >= 11 is 0. The summed E-state index contributed by atoms with van der Waals surface area (Å²) in [6.45, 7) is 0.430. The topological polar surface area (TPSA) is 121 Å². The molecule has 37 heavy (non-hydrogen) atoms. The Bertz CT molecular complexity index is 1420. The molecule has 1 aromatic heterocycles. The summed E-state index contributed by atoms with van der Waals surface area (Å²) in [4.78, 5) is 30.0. The second kappa shape index (κ2) is 10.4. The minimum atomic E-state index is -0.620. The molecule has 2 aromatic carbocycles. The van der Waals surface area contributed by atoms with Crippen LogP contribution in [0.15, 0.2) is 102 Å². The van der Waals surface area contributed by atoms with E-state index in [0.29, 0.717) is 48.5 Å². The van der Waals surface area contributed by atoms with Crippen LogP contribution in [0.3, 0.4) is 0 Å². The molecule has 2 aliphatic rings. The molecule has 8 heteroatoms. The minimum absolute atomic E-state index is 0.0564. The van der Waals surface area contributed by atoms with Gasteiger partial charge >= 0.3 is 0 Å². The summed E-state index contributed by atoms with van der Waals surface area (Å²) in [6.07, 6.45) is 4.59. The average molecular weight is 492 g/mol. The summed E-state index contributed by atoms with van der Waals surface area (Å²) in [7, 11) is 0. The van der Waals surface area contributed by atoms with E-state index in [-0.39, 0.29) is 17.2 Å². The van der Waals surface area contributed by atoms with E-state index in [2.05, 4.69) is 16.5 Å². The fourth-order valence-corrected chi connectivity index (χ4v) is 4.71. The Morgan fingerprint density at radius 1 is 1.08 bits per heavy atom. The molecule has 184 valence electrons. The lowest BCUT2D eigenvalue weighted by Crippen LogP contribution is -2.48. The second-order valence-electron chi connectivity index (χ2n) is 8.84. The van der Waals surface area contributed by atoms with Gasteiger partial charge < -0.3 is 10.5 Å². The van der Waals surface area contributed by atoms with Crippen LogP contribution in [-0.4, -0.2) is 21.7 Å². The quantitative estimate of drug-likeness (QED) is 0.532. The first-order valence-electron chi connectivity index (χ1n) is 12.0. The van der Waals surface area contributed by atoms with Crippen LogP contribution >= 0.6 is 0 Å². The van der Waals surface area contributed by atoms with Gasteiger partial charge in [0.1, 0.15) is 18.2 Å². The van der Waals surface area contributed by atoms with Crippen LogP contribution < -0.4 is 15.9 Å². The summed E-state index contributed by atoms with van der Waals surface area (Å²) in [5, 5.41) is 11.5. The number of aromatic nitrogens is 1. The number of nitrogens with zero attached hydrogens (tertiary/aromatic N) is 3. The predicted octanol–water partition coefficient (Wildman–Crippen LogP) is 4.11. The Morgan fingerprint density at radius 2 is 1.81 bits per heavy atom. The number of hydrogen-bond donors (Lipinski definition) is 2. The number of ketones is 1. The molecule has 3 aromatic rings. The van der Waals surface area contributed by atoms with Gasteiger partial charge in [0.25, 0.3) is 5.91 Å². The number of benzene rings is 2. The van der Waals surface area contributed by atoms with Gasteiger partial charge in [-0.1, -0.05) is 42.5 Å². The van der Waals surface area contributed by atoms with Gasteiger partial charge in [-0.05, 0) is 48.2 Å². The Morgan fingerprint density at radius 3 is 2.51 bits per heavy atom. The number of nitriles is 1. The van der Waals surface area contributed by atoms with Gasteiger partial charge in [-0.25, -0.2) is 5.01 Å². The Hall–Kier alpha value is -4.90. The van der Waals surface area contributed by atoms with Crippen LogP contribution in [0.4, 0.5) is 0 Å². The third-order valence-corrected chi connectivity index (χ3v) is 6.53. The van der Waals surface area contributed by atoms with Gasteiger partial charge in [0, 0.05) is 35.6 Å². The van der Waals surface area contributed by atoms with Gasteiger partial charge in [-0.2, -0.15) is 5.26 Å². The maximum atomic E-state index is 13.2. The number of rotatable bonds is 6. The largest absolute Gasteiger partial charge is 0.489 e. The molecular formula is C29H25N5O3. The van der Waals surface area contributed by atoms with Crippen LogP contribution in [0.25, 0.3) is 0 Å². The number of ether oxygens (including phenoxy) is 1. The summed E-state index contributed by atoms with van der Waals surface area (Å²) in [5.74, 6) is -0.308. The Kier molecular flexibility index (Phi) is 6.68. The molecule has 0 bridgehead atoms. The molecule has 0 spiro atoms. The number of carbonyl (C=O) groups excluding carboxylic acids is 2. The van der Waals surface area contributed by atoms with Crippen LogP contribution in [0.5, 0.6) is 5.75 Å². The zero-order valence-electron chi connectivity index (χ0n) is 20.1. The molecule has 1 unspecified atom stereocenters. The molecule has 1 aliphatic heterocycles. The van der Waals surface area contributed by atoms with Crippen molar-refractivity contribution in [3.8, 4) is 11.8 Å². The lowest BCUT2D eigenvalue weighted by Gasteiger charge is -2.39. The van der Waals surface area contributed by atoms with Gasteiger partial charge in [0.15, 0.2) is 5.78 Å². The van der Waals surface area contributed by atoms with Crippen molar-refractivity contribution in [2.24, 2.45) is 5.73 Å². The molecule has 1 amide bonds. The molecular weight excluding hydrogens is 466 g/mol. The Labute approximate surface area is 214 Å². The molecule has 1 atom stereocenters. The highest BCUT2D eigenvalue weighted by molar-refractivity contribution is 6.00. The van der Waals surface area contributed by atoms with Gasteiger partial charge in [0.05, 0.1) is 17.6 Å². The average Bonchev–Trinajstić information content (AvgIpc) is 2.94. The molecule has 3 N–H and O–H groups in total. The molecule has 0 saturated heterocycles. The number of amides is 1. The highest BCUT2D eigenvalue weighted by atomic mass is 16.5. The number of nitrogens with one attached hydrogen (secondary N) is 1. The predicted molar refractivity (Wildman–Crippen MR) is 136 cm³/mol. The number of hydrazine groups is 1. The van der Waals surface area contributed by atoms with Crippen molar-refractivity contribution in [3.63, 3.8) is 0 Å². The van der Waals surface area contributed by atoms with Crippen molar-refractivity contribution < 1.29 is 14.3 Å². The zero-order chi connectivity index (χ0) is 25.8. The highest BCUT2D eigenvalue weighted by Gasteiger charge is 2.40. The first-order chi connectivity index (χ1) is 18.1. The summed E-state index contributed by atoms with van der Waals surface area (Å²) < 4.78 is 5.90. The highest BCUT2D eigenvalue weighted by Crippen LogP contribution is 2.44. The zero-order valence-corrected chi connectivity index (χ0v) is 20.1. The van der Waals surface area contributed by atoms with Crippen molar-refractivity contribution >= 4 is 11.7 Å². The summed E-state index contributed by atoms with van der Waals surface area (Å²) in [5.41, 5.74) is 12.8. The first kappa shape index (κ1) is 23.8. The van der Waals surface area contributed by atoms with Crippen molar-refractivity contribution in [1.29, 1.82) is 5.26 Å². The fraction of sp³-hybridized carbons (Fsp3) is 0.172. The normalized spacial score (nSPS) is 17.2. The monoisotopic (exact) mass is 491 g/mol. The van der Waals surface area contributed by atoms with E-state index < -0.39 is 11.8 Å². The van der Waals surface area contributed by atoms with Gasteiger partial charge in [-0.3, -0.25) is 20.0 Å². The molecule has 0 saturated carbocycles. The van der Waals surface area contributed by atoms with Crippen LogP contribution in [0.2, 0.25) is 0 Å². The van der Waals surface area contributed by atoms with Crippen molar-refractivity contribution in [1.82, 2.24) is 15.4 Å². The van der Waals surface area contributed by atoms with E-state index in [1.54, 1.807) is 12.1 Å². The third kappa shape index (κ3) is 4.80. The third-order valence-electron chi connectivity index (χ3n) is 6.53. The van der Waals surface area contributed by atoms with E-state index >= 15 is 0 Å². The number of allylic oxidation sites excluding steroid dienone is 3. The number of Topliss-reactive ketones (excluding diaryl/α,β-unsaturated/α-hetero) is 1. The fourth-order valence-electron chi connectivity index (χ4n) is 4.71. The molecule has 2 heterocycles. The molecule has 5 rings (SSSR count). The Balaban J connectivity index is 1.46. The van der Waals surface area contributed by atoms with Crippen LogP contribution in [0, 0.1) is 11.3 Å². The molecule has 1 aliphatic carbocycles. The standard InChI is InChI=1S/C29H25N5O3/c30-17-23-26(20-9-11-22(12-10-20)37-18-19-5-2-1-3-6-19)27-24(7-4-8-25(27)35)34(28(23)31)33-29(36)21-13-15-32-16-14-21/h1-3,5-6,9-16,26H,4,7-8,18,31H2,(H,33,36). The van der Waals surface area contributed by atoms with Crippen molar-refractivity contribution in [3.05, 3.63) is 118 Å². The minimum Gasteiger partial charge on any atom is -0.489 e. The number of nitrogens with two attached hydrogens (primary N) is 1. The first-order valence-corrected chi connectivity index (χ1v) is 12.0. The molecule has 8 nitrogen and oxygen atoms in total. The van der Waals surface area contributed by atoms with Crippen LogP contribution in [-0.2, 0) is 11.4 Å². The lowest BCUT2D eigenvalue weighted by molar-refractivity contribution is -0.116. The van der Waals surface area contributed by atoms with Gasteiger partial charge in [0.2, 0.25) is 0 Å². The van der Waals surface area contributed by atoms with Crippen molar-refractivity contribution in [2.45, 2.75) is 31.8 Å². The smallest absolute Gasteiger partial charge is 0.270 e. The SMILES string of the molecule is N#CC1=C(N)N(NC(=O)c2ccncc2)C2=C(C(=O)CCC2)C1c1ccc(OCc2ccccc2)cc1. The lowest BCUT2D eigenvalue weighted by atomic mass is 9.76.